The molecule has 13 nitrogen and oxygen atoms in total. The molecule has 262 valence electrons. The first-order chi connectivity index (χ1) is 23.8. The first kappa shape index (κ1) is 35.2. The Morgan fingerprint density at radius 2 is 1.72 bits per heavy atom. The van der Waals surface area contributed by atoms with Gasteiger partial charge in [0, 0.05) is 50.0 Å². The van der Waals surface area contributed by atoms with Crippen LogP contribution >= 0.6 is 23.2 Å². The first-order valence-electron chi connectivity index (χ1n) is 15.1. The summed E-state index contributed by atoms with van der Waals surface area (Å²) in [6, 6.07) is 9.72. The van der Waals surface area contributed by atoms with Crippen molar-refractivity contribution in [3.05, 3.63) is 85.0 Å². The molecule has 3 aromatic heterocycles. The van der Waals surface area contributed by atoms with E-state index in [1.165, 1.54) is 33.5 Å². The predicted octanol–water partition coefficient (Wildman–Crippen LogP) is 4.47. The highest BCUT2D eigenvalue weighted by Gasteiger charge is 2.37. The van der Waals surface area contributed by atoms with E-state index in [0.29, 0.717) is 41.1 Å². The van der Waals surface area contributed by atoms with Crippen LogP contribution in [0.3, 0.4) is 0 Å². The van der Waals surface area contributed by atoms with Gasteiger partial charge in [-0.15, -0.1) is 0 Å². The van der Waals surface area contributed by atoms with E-state index in [2.05, 4.69) is 30.6 Å². The molecule has 0 saturated carbocycles. The first-order valence-corrected chi connectivity index (χ1v) is 15.8. The molecule has 1 aliphatic heterocycles. The van der Waals surface area contributed by atoms with Gasteiger partial charge in [0.25, 0.3) is 5.56 Å². The molecule has 2 atom stereocenters. The van der Waals surface area contributed by atoms with Gasteiger partial charge in [0.1, 0.15) is 16.9 Å². The summed E-state index contributed by atoms with van der Waals surface area (Å²) in [7, 11) is 3.86. The van der Waals surface area contributed by atoms with Crippen LogP contribution < -0.4 is 26.6 Å². The van der Waals surface area contributed by atoms with Gasteiger partial charge in [-0.25, -0.2) is 19.7 Å². The summed E-state index contributed by atoms with van der Waals surface area (Å²) in [6.07, 6.45) is -3.46. The van der Waals surface area contributed by atoms with Gasteiger partial charge in [0.05, 0.1) is 47.4 Å². The molecule has 6 rings (SSSR count). The van der Waals surface area contributed by atoms with E-state index in [-0.39, 0.29) is 46.2 Å². The lowest BCUT2D eigenvalue weighted by Crippen LogP contribution is -2.46. The second-order valence-electron chi connectivity index (χ2n) is 11.4. The maximum atomic E-state index is 13.8. The average molecular weight is 734 g/mol. The van der Waals surface area contributed by atoms with Crippen LogP contribution in [-0.2, 0) is 31.6 Å². The summed E-state index contributed by atoms with van der Waals surface area (Å²) in [5.41, 5.74) is 0.0825. The van der Waals surface area contributed by atoms with Crippen LogP contribution in [0, 0.1) is 0 Å². The fourth-order valence-electron chi connectivity index (χ4n) is 5.58. The Bertz CT molecular complexity index is 2230. The van der Waals surface area contributed by atoms with Gasteiger partial charge < -0.3 is 25.2 Å². The third-order valence-electron chi connectivity index (χ3n) is 8.23. The van der Waals surface area contributed by atoms with Gasteiger partial charge in [0.2, 0.25) is 11.7 Å². The van der Waals surface area contributed by atoms with Gasteiger partial charge in [-0.05, 0) is 12.5 Å². The molecule has 4 heterocycles. The molecule has 0 spiro atoms. The maximum Gasteiger partial charge on any atom is 0.451 e. The molecular weight excluding hydrogens is 704 g/mol. The van der Waals surface area contributed by atoms with Crippen LogP contribution in [0.5, 0.6) is 5.88 Å². The second-order valence-corrected chi connectivity index (χ2v) is 12.1. The number of nitrogens with one attached hydrogen (secondary N) is 2. The standard InChI is InChI=1S/C32H29Cl2F3N8O5/c1-44-27-23(29(47)45(2)31(44)48)26(42-30(43-27)32(35,36)37)40-19-9-5-7-16(25(19)34)15-6-4-8-17(24(15)33)20-12-39-21(28(41-20)49-3)13-38-18-10-11-50-14-22(18)46/h4-9,12,18,22,38,46H,10-11,13-14H2,1-3H3,(H,40,42,43). The zero-order chi connectivity index (χ0) is 35.9. The molecule has 50 heavy (non-hydrogen) atoms. The number of aliphatic hydroxyl groups excluding tert-OH is 1. The molecule has 2 unspecified atom stereocenters. The number of aliphatic hydroxyl groups is 1. The summed E-state index contributed by atoms with van der Waals surface area (Å²) in [4.78, 5) is 41.9. The summed E-state index contributed by atoms with van der Waals surface area (Å²) in [5.74, 6) is -1.81. The minimum atomic E-state index is -4.99. The number of methoxy groups -OCH3 is 1. The Labute approximate surface area is 291 Å². The number of aryl methyl sites for hydroxylation is 1. The molecule has 0 aliphatic carbocycles. The van der Waals surface area contributed by atoms with E-state index in [1.54, 1.807) is 30.3 Å². The minimum Gasteiger partial charge on any atom is -0.480 e. The van der Waals surface area contributed by atoms with E-state index in [4.69, 9.17) is 32.7 Å². The number of halogens is 5. The van der Waals surface area contributed by atoms with Crippen LogP contribution in [0.4, 0.5) is 24.7 Å². The zero-order valence-electron chi connectivity index (χ0n) is 26.7. The van der Waals surface area contributed by atoms with Gasteiger partial charge >= 0.3 is 11.9 Å². The molecule has 0 bridgehead atoms. The molecule has 0 radical (unpaired) electrons. The Hall–Kier alpha value is -4.61. The highest BCUT2D eigenvalue weighted by Crippen LogP contribution is 2.42. The largest absolute Gasteiger partial charge is 0.480 e. The number of ether oxygens (including phenoxy) is 2. The Balaban J connectivity index is 1.36. The monoisotopic (exact) mass is 732 g/mol. The van der Waals surface area contributed by atoms with Gasteiger partial charge in [-0.1, -0.05) is 53.5 Å². The van der Waals surface area contributed by atoms with Crippen molar-refractivity contribution < 1.29 is 27.8 Å². The number of alkyl halides is 3. The highest BCUT2D eigenvalue weighted by atomic mass is 35.5. The molecule has 5 aromatic rings. The molecule has 1 aliphatic rings. The second kappa shape index (κ2) is 14.0. The SMILES string of the molecule is COc1nc(-c2cccc(-c3cccc(Nc4nc(C(F)(F)F)nc5c4c(=O)n(C)c(=O)n5C)c3Cl)c2Cl)cnc1CNC1CCOCC1O. The molecule has 18 heteroatoms. The van der Waals surface area contributed by atoms with Crippen LogP contribution in [-0.4, -0.2) is 66.6 Å². The molecule has 1 fully saturated rings. The van der Waals surface area contributed by atoms with Crippen LogP contribution in [0.25, 0.3) is 33.4 Å². The van der Waals surface area contributed by atoms with Crippen molar-refractivity contribution in [2.45, 2.75) is 31.3 Å². The van der Waals surface area contributed by atoms with E-state index in [0.717, 1.165) is 9.13 Å². The van der Waals surface area contributed by atoms with Crippen molar-refractivity contribution in [3.8, 4) is 28.3 Å². The third kappa shape index (κ3) is 6.64. The van der Waals surface area contributed by atoms with E-state index in [9.17, 15) is 27.9 Å². The Kier molecular flexibility index (Phi) is 9.83. The molecule has 3 N–H and O–H groups in total. The third-order valence-corrected chi connectivity index (χ3v) is 9.05. The van der Waals surface area contributed by atoms with Gasteiger partial charge in [-0.2, -0.15) is 13.2 Å². The number of nitrogens with zero attached hydrogens (tertiary/aromatic N) is 6. The lowest BCUT2D eigenvalue weighted by Gasteiger charge is -2.28. The Morgan fingerprint density at radius 3 is 2.42 bits per heavy atom. The van der Waals surface area contributed by atoms with Crippen molar-refractivity contribution in [2.75, 3.05) is 25.6 Å². The summed E-state index contributed by atoms with van der Waals surface area (Å²) in [6.45, 7) is 1.07. The van der Waals surface area contributed by atoms with Gasteiger partial charge in [-0.3, -0.25) is 18.9 Å². The van der Waals surface area contributed by atoms with Crippen LogP contribution in [0.1, 0.15) is 17.9 Å². The smallest absolute Gasteiger partial charge is 0.451 e. The van der Waals surface area contributed by atoms with Crippen molar-refractivity contribution in [2.24, 2.45) is 14.1 Å². The van der Waals surface area contributed by atoms with Crippen molar-refractivity contribution in [1.29, 1.82) is 0 Å². The molecule has 1 saturated heterocycles. The van der Waals surface area contributed by atoms with Crippen LogP contribution in [0.2, 0.25) is 10.0 Å². The quantitative estimate of drug-likeness (QED) is 0.207. The minimum absolute atomic E-state index is 0.0499. The summed E-state index contributed by atoms with van der Waals surface area (Å²) >= 11 is 13.8. The molecule has 0 amide bonds. The molecule has 2 aromatic carbocycles. The summed E-state index contributed by atoms with van der Waals surface area (Å²) in [5, 5.41) is 16.2. The number of hydrogen-bond acceptors (Lipinski definition) is 11. The van der Waals surface area contributed by atoms with Crippen molar-refractivity contribution in [3.63, 3.8) is 0 Å². The average Bonchev–Trinajstić information content (AvgIpc) is 3.10. The van der Waals surface area contributed by atoms with Gasteiger partial charge in [0.15, 0.2) is 5.65 Å². The fraction of sp³-hybridized carbons (Fsp3) is 0.312. The lowest BCUT2D eigenvalue weighted by molar-refractivity contribution is -0.144. The predicted molar refractivity (Wildman–Crippen MR) is 180 cm³/mol. The topological polar surface area (TPSA) is 158 Å². The number of rotatable bonds is 8. The van der Waals surface area contributed by atoms with Crippen molar-refractivity contribution >= 4 is 45.7 Å². The number of benzene rings is 2. The van der Waals surface area contributed by atoms with Crippen molar-refractivity contribution in [1.82, 2.24) is 34.4 Å². The normalized spacial score (nSPS) is 16.5. The number of anilines is 2. The number of aromatic nitrogens is 6. The Morgan fingerprint density at radius 1 is 1.02 bits per heavy atom. The van der Waals surface area contributed by atoms with E-state index >= 15 is 0 Å². The summed E-state index contributed by atoms with van der Waals surface area (Å²) < 4.78 is 53.9. The van der Waals surface area contributed by atoms with E-state index < -0.39 is 40.8 Å². The van der Waals surface area contributed by atoms with Crippen LogP contribution in [0.15, 0.2) is 52.2 Å². The zero-order valence-corrected chi connectivity index (χ0v) is 28.2. The number of hydrogen-bond donors (Lipinski definition) is 3. The van der Waals surface area contributed by atoms with E-state index in [1.807, 2.05) is 0 Å². The number of fused-ring (bicyclic) bond motifs is 1. The molecular formula is C32H29Cl2F3N8O5. The lowest BCUT2D eigenvalue weighted by atomic mass is 10.0. The fourth-order valence-corrected chi connectivity index (χ4v) is 6.18. The highest BCUT2D eigenvalue weighted by molar-refractivity contribution is 6.39. The maximum absolute atomic E-state index is 13.8.